The average Bonchev–Trinajstić information content (AvgIpc) is 2.72. The van der Waals surface area contributed by atoms with E-state index in [1.807, 2.05) is 54.2 Å². The number of carbonyl (C=O) groups excluding carboxylic acids is 1. The molecule has 1 fully saturated rings. The normalized spacial score (nSPS) is 15.6. The lowest BCUT2D eigenvalue weighted by molar-refractivity contribution is -0.149. The highest BCUT2D eigenvalue weighted by atomic mass is 32.2. The molecule has 0 aromatic heterocycles. The molecule has 0 radical (unpaired) electrons. The highest BCUT2D eigenvalue weighted by Gasteiger charge is 2.40. The Kier molecular flexibility index (Phi) is 6.38. The molecule has 0 spiro atoms. The Bertz CT molecular complexity index is 784. The summed E-state index contributed by atoms with van der Waals surface area (Å²) in [4.78, 5) is 12.3. The average molecular weight is 365 g/mol. The number of benzene rings is 2. The fraction of sp³-hybridized carbons (Fsp3) is 0.318. The van der Waals surface area contributed by atoms with Crippen molar-refractivity contribution in [1.82, 2.24) is 5.32 Å². The molecule has 4 heteroatoms. The molecule has 3 rings (SSSR count). The number of thioether (sulfide) groups is 1. The van der Waals surface area contributed by atoms with Crippen molar-refractivity contribution in [1.29, 1.82) is 0 Å². The highest BCUT2D eigenvalue weighted by molar-refractivity contribution is 7.99. The molecule has 134 valence electrons. The highest BCUT2D eigenvalue weighted by Crippen LogP contribution is 2.28. The molecule has 1 saturated heterocycles. The Balaban J connectivity index is 1.64. The second kappa shape index (κ2) is 8.93. The van der Waals surface area contributed by atoms with Crippen LogP contribution in [0.1, 0.15) is 29.5 Å². The van der Waals surface area contributed by atoms with Gasteiger partial charge in [-0.05, 0) is 54.2 Å². The molecule has 0 unspecified atom stereocenters. The lowest BCUT2D eigenvalue weighted by atomic mass is 9.92. The standard InChI is InChI=1S/C22H23NO2S/c1-25-21(24)22(13-15-26-16-14-22)23-17-20-11-9-19(10-12-20)8-7-18-5-3-2-4-6-18/h2-6,9-12,23H,13-17H2,1H3. The molecule has 0 saturated carbocycles. The van der Waals surface area contributed by atoms with Crippen molar-refractivity contribution in [2.24, 2.45) is 0 Å². The fourth-order valence-corrected chi connectivity index (χ4v) is 4.20. The van der Waals surface area contributed by atoms with E-state index in [2.05, 4.69) is 29.3 Å². The summed E-state index contributed by atoms with van der Waals surface area (Å²) >= 11 is 1.89. The Morgan fingerprint density at radius 2 is 1.65 bits per heavy atom. The number of nitrogens with one attached hydrogen (secondary N) is 1. The molecule has 0 amide bonds. The van der Waals surface area contributed by atoms with Gasteiger partial charge in [-0.1, -0.05) is 42.2 Å². The van der Waals surface area contributed by atoms with Gasteiger partial charge in [0.2, 0.25) is 0 Å². The van der Waals surface area contributed by atoms with E-state index in [1.165, 1.54) is 7.11 Å². The third-order valence-corrected chi connectivity index (χ3v) is 5.62. The van der Waals surface area contributed by atoms with Crippen molar-refractivity contribution in [3.8, 4) is 11.8 Å². The van der Waals surface area contributed by atoms with Gasteiger partial charge in [0, 0.05) is 17.7 Å². The van der Waals surface area contributed by atoms with E-state index in [9.17, 15) is 4.79 Å². The molecule has 0 aliphatic carbocycles. The molecule has 3 nitrogen and oxygen atoms in total. The molecule has 2 aromatic carbocycles. The van der Waals surface area contributed by atoms with Gasteiger partial charge in [-0.2, -0.15) is 11.8 Å². The van der Waals surface area contributed by atoms with Gasteiger partial charge in [0.25, 0.3) is 0 Å². The number of ether oxygens (including phenoxy) is 1. The van der Waals surface area contributed by atoms with Gasteiger partial charge < -0.3 is 4.74 Å². The van der Waals surface area contributed by atoms with E-state index < -0.39 is 5.54 Å². The van der Waals surface area contributed by atoms with Crippen LogP contribution >= 0.6 is 11.8 Å². The van der Waals surface area contributed by atoms with E-state index >= 15 is 0 Å². The molecule has 0 atom stereocenters. The van der Waals surface area contributed by atoms with Crippen LogP contribution in [0.15, 0.2) is 54.6 Å². The SMILES string of the molecule is COC(=O)C1(NCc2ccc(C#Cc3ccccc3)cc2)CCSCC1. The Morgan fingerprint density at radius 3 is 2.27 bits per heavy atom. The Hall–Kier alpha value is -2.22. The van der Waals surface area contributed by atoms with Crippen LogP contribution in [-0.2, 0) is 16.1 Å². The first kappa shape index (κ1) is 18.6. The quantitative estimate of drug-likeness (QED) is 0.663. The zero-order valence-electron chi connectivity index (χ0n) is 15.0. The van der Waals surface area contributed by atoms with Crippen LogP contribution in [0.25, 0.3) is 0 Å². The smallest absolute Gasteiger partial charge is 0.326 e. The zero-order chi connectivity index (χ0) is 18.2. The minimum Gasteiger partial charge on any atom is -0.468 e. The van der Waals surface area contributed by atoms with Crippen LogP contribution in [0.4, 0.5) is 0 Å². The van der Waals surface area contributed by atoms with E-state index in [0.717, 1.165) is 41.0 Å². The predicted octanol–water partition coefficient (Wildman–Crippen LogP) is 3.61. The fourth-order valence-electron chi connectivity index (χ4n) is 3.01. The van der Waals surface area contributed by atoms with E-state index in [4.69, 9.17) is 4.74 Å². The Morgan fingerprint density at radius 1 is 1.04 bits per heavy atom. The number of esters is 1. The molecule has 1 aliphatic heterocycles. The molecular weight excluding hydrogens is 342 g/mol. The second-order valence-corrected chi connectivity index (χ2v) is 7.58. The van der Waals surface area contributed by atoms with Crippen LogP contribution < -0.4 is 5.32 Å². The monoisotopic (exact) mass is 365 g/mol. The first-order valence-corrected chi connectivity index (χ1v) is 9.94. The lowest BCUT2D eigenvalue weighted by Crippen LogP contribution is -2.54. The number of rotatable bonds is 4. The van der Waals surface area contributed by atoms with Crippen molar-refractivity contribution in [3.63, 3.8) is 0 Å². The minimum absolute atomic E-state index is 0.150. The van der Waals surface area contributed by atoms with Crippen LogP contribution in [0.3, 0.4) is 0 Å². The van der Waals surface area contributed by atoms with Crippen LogP contribution in [-0.4, -0.2) is 30.1 Å². The molecule has 1 N–H and O–H groups in total. The first-order chi connectivity index (χ1) is 12.7. The van der Waals surface area contributed by atoms with Crippen molar-refractivity contribution < 1.29 is 9.53 Å². The summed E-state index contributed by atoms with van der Waals surface area (Å²) in [5.74, 6) is 8.16. The summed E-state index contributed by atoms with van der Waals surface area (Å²) in [5, 5.41) is 3.46. The maximum atomic E-state index is 12.3. The summed E-state index contributed by atoms with van der Waals surface area (Å²) in [6.45, 7) is 0.645. The summed E-state index contributed by atoms with van der Waals surface area (Å²) in [6.07, 6.45) is 1.62. The second-order valence-electron chi connectivity index (χ2n) is 6.35. The first-order valence-electron chi connectivity index (χ1n) is 8.79. The largest absolute Gasteiger partial charge is 0.468 e. The molecule has 1 aliphatic rings. The molecule has 26 heavy (non-hydrogen) atoms. The van der Waals surface area contributed by atoms with Crippen molar-refractivity contribution in [2.45, 2.75) is 24.9 Å². The van der Waals surface area contributed by atoms with Crippen molar-refractivity contribution in [2.75, 3.05) is 18.6 Å². The minimum atomic E-state index is -0.550. The Labute approximate surface area is 159 Å². The van der Waals surface area contributed by atoms with Crippen LogP contribution in [0.2, 0.25) is 0 Å². The third-order valence-electron chi connectivity index (χ3n) is 4.63. The molecule has 0 bridgehead atoms. The zero-order valence-corrected chi connectivity index (χ0v) is 15.8. The van der Waals surface area contributed by atoms with Crippen molar-refractivity contribution in [3.05, 3.63) is 71.3 Å². The maximum Gasteiger partial charge on any atom is 0.326 e. The number of carbonyl (C=O) groups is 1. The molecule has 2 aromatic rings. The number of methoxy groups -OCH3 is 1. The van der Waals surface area contributed by atoms with Gasteiger partial charge in [-0.25, -0.2) is 0 Å². The van der Waals surface area contributed by atoms with Gasteiger partial charge in [0.05, 0.1) is 7.11 Å². The van der Waals surface area contributed by atoms with Gasteiger partial charge in [-0.3, -0.25) is 10.1 Å². The lowest BCUT2D eigenvalue weighted by Gasteiger charge is -2.35. The van der Waals surface area contributed by atoms with Crippen molar-refractivity contribution >= 4 is 17.7 Å². The molecular formula is C22H23NO2S. The van der Waals surface area contributed by atoms with E-state index in [0.29, 0.717) is 6.54 Å². The summed E-state index contributed by atoms with van der Waals surface area (Å²) in [7, 11) is 1.47. The maximum absolute atomic E-state index is 12.3. The van der Waals surface area contributed by atoms with Gasteiger partial charge in [0.15, 0.2) is 0 Å². The van der Waals surface area contributed by atoms with E-state index in [1.54, 1.807) is 0 Å². The van der Waals surface area contributed by atoms with Gasteiger partial charge in [-0.15, -0.1) is 0 Å². The topological polar surface area (TPSA) is 38.3 Å². The van der Waals surface area contributed by atoms with Gasteiger partial charge >= 0.3 is 5.97 Å². The van der Waals surface area contributed by atoms with Crippen LogP contribution in [0, 0.1) is 11.8 Å². The summed E-state index contributed by atoms with van der Waals surface area (Å²) in [5.41, 5.74) is 2.57. The summed E-state index contributed by atoms with van der Waals surface area (Å²) in [6, 6.07) is 18.1. The van der Waals surface area contributed by atoms with Crippen LogP contribution in [0.5, 0.6) is 0 Å². The molecule has 1 heterocycles. The van der Waals surface area contributed by atoms with Gasteiger partial charge in [0.1, 0.15) is 5.54 Å². The number of hydrogen-bond acceptors (Lipinski definition) is 4. The van der Waals surface area contributed by atoms with E-state index in [-0.39, 0.29) is 5.97 Å². The predicted molar refractivity (Wildman–Crippen MR) is 107 cm³/mol. The summed E-state index contributed by atoms with van der Waals surface area (Å²) < 4.78 is 5.05. The number of hydrogen-bond donors (Lipinski definition) is 1. The third kappa shape index (κ3) is 4.69.